The first-order valence-electron chi connectivity index (χ1n) is 4.72. The highest BCUT2D eigenvalue weighted by molar-refractivity contribution is 6.17. The van der Waals surface area contributed by atoms with Gasteiger partial charge in [-0.05, 0) is 11.6 Å². The number of aromatic nitrogens is 4. The summed E-state index contributed by atoms with van der Waals surface area (Å²) in [6, 6.07) is 3.92. The van der Waals surface area contributed by atoms with Gasteiger partial charge in [-0.15, -0.1) is 16.7 Å². The molecule has 15 heavy (non-hydrogen) atoms. The van der Waals surface area contributed by atoms with Gasteiger partial charge < -0.3 is 0 Å². The van der Waals surface area contributed by atoms with Gasteiger partial charge in [0, 0.05) is 30.9 Å². The molecule has 0 unspecified atom stereocenters. The van der Waals surface area contributed by atoms with E-state index in [9.17, 15) is 0 Å². The smallest absolute Gasteiger partial charge is 0.0839 e. The average molecular weight is 223 g/mol. The molecule has 0 aromatic carbocycles. The molecular weight excluding hydrogens is 212 g/mol. The predicted octanol–water partition coefficient (Wildman–Crippen LogP) is 1.50. The largest absolute Gasteiger partial charge is 0.264 e. The van der Waals surface area contributed by atoms with E-state index in [4.69, 9.17) is 11.6 Å². The van der Waals surface area contributed by atoms with Crippen molar-refractivity contribution in [2.45, 2.75) is 13.0 Å². The molecule has 0 fully saturated rings. The molecule has 0 bridgehead atoms. The van der Waals surface area contributed by atoms with Gasteiger partial charge in [-0.25, -0.2) is 4.68 Å². The molecule has 0 N–H and O–H groups in total. The second kappa shape index (κ2) is 4.89. The summed E-state index contributed by atoms with van der Waals surface area (Å²) in [5.74, 6) is 0.575. The molecule has 0 spiro atoms. The van der Waals surface area contributed by atoms with Crippen molar-refractivity contribution in [3.8, 4) is 0 Å². The number of aryl methyl sites for hydroxylation is 1. The highest BCUT2D eigenvalue weighted by Gasteiger charge is 2.00. The maximum absolute atomic E-state index is 5.62. The molecule has 0 amide bonds. The Balaban J connectivity index is 2.05. The third kappa shape index (κ3) is 2.76. The summed E-state index contributed by atoms with van der Waals surface area (Å²) < 4.78 is 1.79. The number of nitrogens with zero attached hydrogens (tertiary/aromatic N) is 4. The van der Waals surface area contributed by atoms with E-state index < -0.39 is 0 Å². The highest BCUT2D eigenvalue weighted by atomic mass is 35.5. The number of pyridine rings is 1. The Bertz CT molecular complexity index is 412. The molecule has 78 valence electrons. The van der Waals surface area contributed by atoms with Gasteiger partial charge in [0.2, 0.25) is 0 Å². The Hall–Kier alpha value is -1.42. The first-order chi connectivity index (χ1) is 7.38. The molecule has 2 rings (SSSR count). The van der Waals surface area contributed by atoms with Crippen LogP contribution in [0.2, 0.25) is 0 Å². The number of halogens is 1. The summed E-state index contributed by atoms with van der Waals surface area (Å²) >= 11 is 5.62. The minimum absolute atomic E-state index is 0.575. The maximum Gasteiger partial charge on any atom is 0.0839 e. The monoisotopic (exact) mass is 222 g/mol. The van der Waals surface area contributed by atoms with E-state index in [1.807, 2.05) is 24.5 Å². The molecule has 5 heteroatoms. The summed E-state index contributed by atoms with van der Waals surface area (Å²) in [5, 5.41) is 8.02. The average Bonchev–Trinajstić information content (AvgIpc) is 2.68. The lowest BCUT2D eigenvalue weighted by Gasteiger charge is -1.98. The van der Waals surface area contributed by atoms with E-state index in [2.05, 4.69) is 15.3 Å². The third-order valence-electron chi connectivity index (χ3n) is 2.00. The zero-order valence-electron chi connectivity index (χ0n) is 8.17. The minimum atomic E-state index is 0.575. The molecule has 0 atom stereocenters. The van der Waals surface area contributed by atoms with E-state index >= 15 is 0 Å². The van der Waals surface area contributed by atoms with Crippen LogP contribution in [0.3, 0.4) is 0 Å². The van der Waals surface area contributed by atoms with E-state index in [0.29, 0.717) is 12.4 Å². The van der Waals surface area contributed by atoms with E-state index in [1.165, 1.54) is 0 Å². The molecule has 2 aromatic heterocycles. The fourth-order valence-electron chi connectivity index (χ4n) is 1.31. The Labute approximate surface area is 92.9 Å². The number of alkyl halides is 1. The van der Waals surface area contributed by atoms with Crippen molar-refractivity contribution >= 4 is 11.6 Å². The number of hydrogen-bond acceptors (Lipinski definition) is 3. The summed E-state index contributed by atoms with van der Waals surface area (Å²) in [5.41, 5.74) is 2.04. The van der Waals surface area contributed by atoms with E-state index in [-0.39, 0.29) is 0 Å². The van der Waals surface area contributed by atoms with Gasteiger partial charge in [-0.3, -0.25) is 4.98 Å². The van der Waals surface area contributed by atoms with Gasteiger partial charge in [-0.2, -0.15) is 0 Å². The quantitative estimate of drug-likeness (QED) is 0.737. The van der Waals surface area contributed by atoms with E-state index in [1.54, 1.807) is 10.9 Å². The summed E-state index contributed by atoms with van der Waals surface area (Å²) in [6.45, 7) is 0.698. The first-order valence-corrected chi connectivity index (χ1v) is 5.26. The van der Waals surface area contributed by atoms with Gasteiger partial charge in [0.05, 0.1) is 12.2 Å². The summed E-state index contributed by atoms with van der Waals surface area (Å²) in [7, 11) is 0. The van der Waals surface area contributed by atoms with Crippen LogP contribution < -0.4 is 0 Å². The molecule has 2 heterocycles. The Morgan fingerprint density at radius 2 is 2.33 bits per heavy atom. The van der Waals surface area contributed by atoms with Gasteiger partial charge in [0.1, 0.15) is 0 Å². The van der Waals surface area contributed by atoms with Crippen molar-refractivity contribution in [1.29, 1.82) is 0 Å². The van der Waals surface area contributed by atoms with Crippen LogP contribution in [-0.2, 0) is 13.0 Å². The van der Waals surface area contributed by atoms with Gasteiger partial charge >= 0.3 is 0 Å². The normalized spacial score (nSPS) is 10.5. The van der Waals surface area contributed by atoms with Crippen LogP contribution in [-0.4, -0.2) is 25.9 Å². The van der Waals surface area contributed by atoms with Crippen molar-refractivity contribution in [3.63, 3.8) is 0 Å². The molecule has 0 radical (unpaired) electrons. The summed E-state index contributed by atoms with van der Waals surface area (Å²) in [4.78, 5) is 4.04. The van der Waals surface area contributed by atoms with Crippen molar-refractivity contribution in [2.75, 3.05) is 5.88 Å². The second-order valence-electron chi connectivity index (χ2n) is 3.21. The van der Waals surface area contributed by atoms with Crippen molar-refractivity contribution in [3.05, 3.63) is 42.0 Å². The van der Waals surface area contributed by atoms with Gasteiger partial charge in [0.15, 0.2) is 0 Å². The SMILES string of the molecule is ClCCc1cn(Cc2cccnc2)nn1. The fraction of sp³-hybridized carbons (Fsp3) is 0.300. The molecule has 0 aliphatic rings. The van der Waals surface area contributed by atoms with Crippen LogP contribution in [0.5, 0.6) is 0 Å². The lowest BCUT2D eigenvalue weighted by atomic mass is 10.3. The van der Waals surface area contributed by atoms with Crippen LogP contribution in [0.4, 0.5) is 0 Å². The zero-order valence-corrected chi connectivity index (χ0v) is 8.93. The zero-order chi connectivity index (χ0) is 10.5. The van der Waals surface area contributed by atoms with Crippen molar-refractivity contribution in [2.24, 2.45) is 0 Å². The first kappa shape index (κ1) is 10.1. The minimum Gasteiger partial charge on any atom is -0.264 e. The Kier molecular flexibility index (Phi) is 3.29. The van der Waals surface area contributed by atoms with Crippen LogP contribution in [0, 0.1) is 0 Å². The van der Waals surface area contributed by atoms with Crippen molar-refractivity contribution in [1.82, 2.24) is 20.0 Å². The standard InChI is InChI=1S/C10H11ClN4/c11-4-3-10-8-15(14-13-10)7-9-2-1-5-12-6-9/h1-2,5-6,8H,3-4,7H2. The summed E-state index contributed by atoms with van der Waals surface area (Å²) in [6.07, 6.45) is 6.25. The molecule has 0 saturated heterocycles. The van der Waals surface area contributed by atoms with Crippen LogP contribution in [0.1, 0.15) is 11.3 Å². The molecule has 4 nitrogen and oxygen atoms in total. The van der Waals surface area contributed by atoms with Crippen LogP contribution >= 0.6 is 11.6 Å². The number of rotatable bonds is 4. The lowest BCUT2D eigenvalue weighted by Crippen LogP contribution is -2.00. The highest BCUT2D eigenvalue weighted by Crippen LogP contribution is 2.01. The van der Waals surface area contributed by atoms with Gasteiger partial charge in [0.25, 0.3) is 0 Å². The maximum atomic E-state index is 5.62. The Morgan fingerprint density at radius 3 is 3.07 bits per heavy atom. The topological polar surface area (TPSA) is 43.6 Å². The molecule has 0 aliphatic heterocycles. The third-order valence-corrected chi connectivity index (χ3v) is 2.19. The molecule has 0 saturated carbocycles. The van der Waals surface area contributed by atoms with Gasteiger partial charge in [-0.1, -0.05) is 11.3 Å². The predicted molar refractivity (Wildman–Crippen MR) is 57.8 cm³/mol. The Morgan fingerprint density at radius 1 is 1.40 bits per heavy atom. The van der Waals surface area contributed by atoms with Crippen LogP contribution in [0.15, 0.2) is 30.7 Å². The van der Waals surface area contributed by atoms with Crippen molar-refractivity contribution < 1.29 is 0 Å². The molecule has 0 aliphatic carbocycles. The second-order valence-corrected chi connectivity index (χ2v) is 3.59. The molecular formula is C10H11ClN4. The fourth-order valence-corrected chi connectivity index (χ4v) is 1.50. The number of hydrogen-bond donors (Lipinski definition) is 0. The molecule has 2 aromatic rings. The van der Waals surface area contributed by atoms with Crippen LogP contribution in [0.25, 0.3) is 0 Å². The van der Waals surface area contributed by atoms with E-state index in [0.717, 1.165) is 17.7 Å². The lowest BCUT2D eigenvalue weighted by molar-refractivity contribution is 0.648.